The molecule has 0 saturated heterocycles. The molecular weight excluding hydrogens is 218 g/mol. The third-order valence-corrected chi connectivity index (χ3v) is 2.41. The van der Waals surface area contributed by atoms with E-state index in [0.29, 0.717) is 17.7 Å². The Morgan fingerprint density at radius 1 is 1.06 bits per heavy atom. The van der Waals surface area contributed by atoms with Gasteiger partial charge in [-0.3, -0.25) is 0 Å². The van der Waals surface area contributed by atoms with Gasteiger partial charge in [-0.15, -0.1) is 0 Å². The van der Waals surface area contributed by atoms with Crippen molar-refractivity contribution in [3.63, 3.8) is 0 Å². The zero-order chi connectivity index (χ0) is 12.5. The predicted molar refractivity (Wildman–Crippen MR) is 67.8 cm³/mol. The zero-order valence-electron chi connectivity index (χ0n) is 10.8. The highest BCUT2D eigenvalue weighted by Crippen LogP contribution is 2.17. The quantitative estimate of drug-likeness (QED) is 0.706. The van der Waals surface area contributed by atoms with E-state index < -0.39 is 0 Å². The van der Waals surface area contributed by atoms with Gasteiger partial charge in [0.2, 0.25) is 17.7 Å². The highest BCUT2D eigenvalue weighted by molar-refractivity contribution is 5.33. The number of methoxy groups -OCH3 is 2. The molecule has 0 radical (unpaired) electrons. The fourth-order valence-electron chi connectivity index (χ4n) is 1.44. The highest BCUT2D eigenvalue weighted by Gasteiger charge is 2.04. The van der Waals surface area contributed by atoms with Crippen molar-refractivity contribution < 1.29 is 9.47 Å². The van der Waals surface area contributed by atoms with Gasteiger partial charge in [0.25, 0.3) is 0 Å². The van der Waals surface area contributed by atoms with E-state index in [1.807, 2.05) is 0 Å². The molecule has 0 aliphatic carbocycles. The summed E-state index contributed by atoms with van der Waals surface area (Å²) in [6.45, 7) is 3.07. The topological polar surface area (TPSA) is 56.3 Å². The number of hydrogen-bond donors (Lipinski definition) is 1. The molecule has 17 heavy (non-hydrogen) atoms. The molecule has 1 heterocycles. The van der Waals surface area contributed by atoms with Crippen molar-refractivity contribution in [1.29, 1.82) is 0 Å². The van der Waals surface area contributed by atoms with Gasteiger partial charge in [-0.05, 0) is 6.42 Å². The molecule has 5 nitrogen and oxygen atoms in total. The molecule has 1 aromatic heterocycles. The van der Waals surface area contributed by atoms with Gasteiger partial charge in [0.1, 0.15) is 0 Å². The summed E-state index contributed by atoms with van der Waals surface area (Å²) in [7, 11) is 3.15. The number of unbranched alkanes of at least 4 members (excludes halogenated alkanes) is 3. The van der Waals surface area contributed by atoms with E-state index >= 15 is 0 Å². The number of rotatable bonds is 8. The molecule has 0 aliphatic rings. The Hall–Kier alpha value is -1.52. The van der Waals surface area contributed by atoms with Gasteiger partial charge in [0, 0.05) is 6.54 Å². The van der Waals surface area contributed by atoms with Crippen LogP contribution in [-0.2, 0) is 0 Å². The van der Waals surface area contributed by atoms with Gasteiger partial charge in [0.05, 0.1) is 20.3 Å². The minimum absolute atomic E-state index is 0.507. The second kappa shape index (κ2) is 7.70. The lowest BCUT2D eigenvalue weighted by Gasteiger charge is -2.08. The van der Waals surface area contributed by atoms with Crippen molar-refractivity contribution in [2.45, 2.75) is 32.6 Å². The van der Waals surface area contributed by atoms with Gasteiger partial charge in [-0.1, -0.05) is 26.2 Å². The Kier molecular flexibility index (Phi) is 6.14. The number of anilines is 1. The van der Waals surface area contributed by atoms with Crippen LogP contribution in [0.2, 0.25) is 0 Å². The van der Waals surface area contributed by atoms with Crippen LogP contribution in [0, 0.1) is 0 Å². The van der Waals surface area contributed by atoms with Crippen molar-refractivity contribution >= 4 is 5.95 Å². The third kappa shape index (κ3) is 4.89. The summed E-state index contributed by atoms with van der Waals surface area (Å²) < 4.78 is 10.1. The summed E-state index contributed by atoms with van der Waals surface area (Å²) in [4.78, 5) is 8.39. The van der Waals surface area contributed by atoms with E-state index in [-0.39, 0.29) is 0 Å². The normalized spacial score (nSPS) is 10.1. The molecule has 5 heteroatoms. The largest absolute Gasteiger partial charge is 0.481 e. The Bertz CT molecular complexity index is 309. The lowest BCUT2D eigenvalue weighted by molar-refractivity contribution is 0.373. The van der Waals surface area contributed by atoms with Gasteiger partial charge < -0.3 is 14.8 Å². The molecule has 1 N–H and O–H groups in total. The number of nitrogens with one attached hydrogen (secondary N) is 1. The minimum Gasteiger partial charge on any atom is -0.481 e. The van der Waals surface area contributed by atoms with E-state index in [4.69, 9.17) is 9.47 Å². The summed E-state index contributed by atoms with van der Waals surface area (Å²) in [5, 5.41) is 3.17. The summed E-state index contributed by atoms with van der Waals surface area (Å²) in [5.41, 5.74) is 0. The molecular formula is C12H21N3O2. The van der Waals surface area contributed by atoms with Crippen LogP contribution in [-0.4, -0.2) is 30.7 Å². The third-order valence-electron chi connectivity index (χ3n) is 2.41. The van der Waals surface area contributed by atoms with Crippen LogP contribution in [0.1, 0.15) is 32.6 Å². The molecule has 1 aromatic rings. The van der Waals surface area contributed by atoms with Crippen LogP contribution < -0.4 is 14.8 Å². The fourth-order valence-corrected chi connectivity index (χ4v) is 1.44. The number of nitrogens with zero attached hydrogens (tertiary/aromatic N) is 2. The number of aromatic nitrogens is 2. The van der Waals surface area contributed by atoms with Crippen LogP contribution >= 0.6 is 0 Å². The van der Waals surface area contributed by atoms with E-state index in [9.17, 15) is 0 Å². The first-order chi connectivity index (χ1) is 8.30. The SMILES string of the molecule is CCCCCCNc1nc(OC)cc(OC)n1. The molecule has 0 bridgehead atoms. The molecule has 0 fully saturated rings. The van der Waals surface area contributed by atoms with Crippen LogP contribution in [0.3, 0.4) is 0 Å². The average Bonchev–Trinajstić information content (AvgIpc) is 2.38. The van der Waals surface area contributed by atoms with E-state index in [2.05, 4.69) is 22.2 Å². The number of ether oxygens (including phenoxy) is 2. The first kappa shape index (κ1) is 13.5. The van der Waals surface area contributed by atoms with Crippen LogP contribution in [0.25, 0.3) is 0 Å². The van der Waals surface area contributed by atoms with Crippen LogP contribution in [0.5, 0.6) is 11.8 Å². The summed E-state index contributed by atoms with van der Waals surface area (Å²) in [5.74, 6) is 1.57. The van der Waals surface area contributed by atoms with Gasteiger partial charge in [-0.2, -0.15) is 9.97 Å². The van der Waals surface area contributed by atoms with Crippen molar-refractivity contribution in [2.75, 3.05) is 26.1 Å². The van der Waals surface area contributed by atoms with Crippen molar-refractivity contribution in [3.8, 4) is 11.8 Å². The first-order valence-corrected chi connectivity index (χ1v) is 6.01. The molecule has 0 atom stereocenters. The smallest absolute Gasteiger partial charge is 0.229 e. The molecule has 0 aliphatic heterocycles. The van der Waals surface area contributed by atoms with Crippen molar-refractivity contribution in [3.05, 3.63) is 6.07 Å². The zero-order valence-corrected chi connectivity index (χ0v) is 10.8. The maximum Gasteiger partial charge on any atom is 0.229 e. The van der Waals surface area contributed by atoms with Crippen molar-refractivity contribution in [1.82, 2.24) is 9.97 Å². The predicted octanol–water partition coefficient (Wildman–Crippen LogP) is 2.49. The molecule has 1 rings (SSSR count). The Balaban J connectivity index is 2.46. The highest BCUT2D eigenvalue weighted by atomic mass is 16.5. The van der Waals surface area contributed by atoms with E-state index in [1.54, 1.807) is 20.3 Å². The van der Waals surface area contributed by atoms with Gasteiger partial charge in [-0.25, -0.2) is 0 Å². The standard InChI is InChI=1S/C12H21N3O2/c1-4-5-6-7-8-13-12-14-10(16-2)9-11(15-12)17-3/h9H,4-8H2,1-3H3,(H,13,14,15). The molecule has 0 unspecified atom stereocenters. The molecule has 96 valence electrons. The second-order valence-corrected chi connectivity index (χ2v) is 3.76. The minimum atomic E-state index is 0.507. The van der Waals surface area contributed by atoms with Crippen LogP contribution in [0.15, 0.2) is 6.07 Å². The van der Waals surface area contributed by atoms with Crippen molar-refractivity contribution in [2.24, 2.45) is 0 Å². The van der Waals surface area contributed by atoms with Gasteiger partial charge >= 0.3 is 0 Å². The van der Waals surface area contributed by atoms with Crippen LogP contribution in [0.4, 0.5) is 5.95 Å². The summed E-state index contributed by atoms with van der Waals surface area (Å²) in [6.07, 6.45) is 4.86. The lowest BCUT2D eigenvalue weighted by atomic mass is 10.2. The fraction of sp³-hybridized carbons (Fsp3) is 0.667. The van der Waals surface area contributed by atoms with E-state index in [0.717, 1.165) is 13.0 Å². The maximum atomic E-state index is 5.07. The Morgan fingerprint density at radius 2 is 1.71 bits per heavy atom. The van der Waals surface area contributed by atoms with Gasteiger partial charge in [0.15, 0.2) is 0 Å². The molecule has 0 amide bonds. The maximum absolute atomic E-state index is 5.07. The van der Waals surface area contributed by atoms with E-state index in [1.165, 1.54) is 19.3 Å². The second-order valence-electron chi connectivity index (χ2n) is 3.76. The summed E-state index contributed by atoms with van der Waals surface area (Å²) in [6, 6.07) is 1.66. The number of hydrogen-bond acceptors (Lipinski definition) is 5. The Morgan fingerprint density at radius 3 is 2.24 bits per heavy atom. The molecule has 0 saturated carbocycles. The molecule has 0 spiro atoms. The lowest BCUT2D eigenvalue weighted by Crippen LogP contribution is -2.06. The summed E-state index contributed by atoms with van der Waals surface area (Å²) >= 11 is 0. The monoisotopic (exact) mass is 239 g/mol. The first-order valence-electron chi connectivity index (χ1n) is 6.01. The molecule has 0 aromatic carbocycles. The average molecular weight is 239 g/mol. The Labute approximate surface area is 103 Å².